The maximum Gasteiger partial charge on any atom is 0.320 e. The highest BCUT2D eigenvalue weighted by atomic mass is 16.5. The summed E-state index contributed by atoms with van der Waals surface area (Å²) in [6.45, 7) is 2.33. The molecule has 0 aliphatic carbocycles. The van der Waals surface area contributed by atoms with E-state index in [1.807, 2.05) is 19.1 Å². The van der Waals surface area contributed by atoms with Crippen molar-refractivity contribution in [2.75, 3.05) is 19.5 Å². The number of hydrogen-bond donors (Lipinski definition) is 1. The number of nitrogens with one attached hydrogen (secondary N) is 1. The van der Waals surface area contributed by atoms with Crippen molar-refractivity contribution in [2.24, 2.45) is 0 Å². The Bertz CT molecular complexity index is 888. The number of carbonyl (C=O) groups is 1. The summed E-state index contributed by atoms with van der Waals surface area (Å²) in [6, 6.07) is 7.06. The van der Waals surface area contributed by atoms with Crippen molar-refractivity contribution < 1.29 is 14.3 Å². The van der Waals surface area contributed by atoms with E-state index in [9.17, 15) is 4.79 Å². The molecule has 0 aliphatic heterocycles. The van der Waals surface area contributed by atoms with Gasteiger partial charge in [0.25, 0.3) is 5.91 Å². The lowest BCUT2D eigenvalue weighted by atomic mass is 10.3. The first-order valence-corrected chi connectivity index (χ1v) is 7.81. The average molecular weight is 354 g/mol. The first kappa shape index (κ1) is 17.3. The number of carbonyl (C=O) groups excluding carboxylic acids is 1. The number of pyridine rings is 1. The number of rotatable bonds is 6. The molecular weight excluding hydrogens is 336 g/mol. The highest BCUT2D eigenvalue weighted by Crippen LogP contribution is 2.17. The number of aromatic nitrogens is 5. The van der Waals surface area contributed by atoms with Gasteiger partial charge in [0.1, 0.15) is 11.5 Å². The van der Waals surface area contributed by atoms with Gasteiger partial charge in [-0.3, -0.25) is 9.78 Å². The second-order valence-electron chi connectivity index (χ2n) is 5.43. The van der Waals surface area contributed by atoms with Gasteiger partial charge in [-0.25, -0.2) is 4.68 Å². The van der Waals surface area contributed by atoms with Gasteiger partial charge in [-0.2, -0.15) is 15.1 Å². The first-order valence-electron chi connectivity index (χ1n) is 7.81. The molecule has 3 heterocycles. The van der Waals surface area contributed by atoms with Crippen LogP contribution < -0.4 is 14.8 Å². The topological polar surface area (TPSA) is 104 Å². The molecule has 3 aromatic heterocycles. The summed E-state index contributed by atoms with van der Waals surface area (Å²) in [5.74, 6) is 0.367. The second-order valence-corrected chi connectivity index (χ2v) is 5.43. The molecule has 3 rings (SSSR count). The van der Waals surface area contributed by atoms with Crippen LogP contribution >= 0.6 is 0 Å². The van der Waals surface area contributed by atoms with Crippen molar-refractivity contribution in [3.05, 3.63) is 53.6 Å². The summed E-state index contributed by atoms with van der Waals surface area (Å²) in [7, 11) is 2.87. The van der Waals surface area contributed by atoms with E-state index in [1.165, 1.54) is 20.3 Å². The number of nitrogens with zero attached hydrogens (tertiary/aromatic N) is 5. The predicted octanol–water partition coefficient (Wildman–Crippen LogP) is 1.69. The standard InChI is InChI=1S/C17H18N6O3/c1-11-7-14(23(22-11)10-12-5-4-6-18-9-12)20-16(24)13-8-15(25-2)21-17(19-13)26-3/h4-9H,10H2,1-3H3,(H,20,24). The van der Waals surface area contributed by atoms with E-state index in [2.05, 4.69) is 25.4 Å². The summed E-state index contributed by atoms with van der Waals surface area (Å²) in [5, 5.41) is 7.22. The number of ether oxygens (including phenoxy) is 2. The maximum absolute atomic E-state index is 12.6. The van der Waals surface area contributed by atoms with Crippen LogP contribution in [-0.4, -0.2) is 44.9 Å². The van der Waals surface area contributed by atoms with E-state index < -0.39 is 5.91 Å². The summed E-state index contributed by atoms with van der Waals surface area (Å²) < 4.78 is 11.8. The number of anilines is 1. The molecule has 0 aromatic carbocycles. The average Bonchev–Trinajstić information content (AvgIpc) is 3.00. The Balaban J connectivity index is 1.84. The van der Waals surface area contributed by atoms with Crippen molar-refractivity contribution in [1.29, 1.82) is 0 Å². The monoisotopic (exact) mass is 354 g/mol. The second kappa shape index (κ2) is 7.60. The third-order valence-electron chi connectivity index (χ3n) is 3.51. The van der Waals surface area contributed by atoms with Crippen LogP contribution in [0, 0.1) is 6.92 Å². The van der Waals surface area contributed by atoms with Crippen molar-refractivity contribution in [1.82, 2.24) is 24.7 Å². The molecule has 0 aliphatic rings. The third-order valence-corrected chi connectivity index (χ3v) is 3.51. The Labute approximate surface area is 150 Å². The van der Waals surface area contributed by atoms with Crippen LogP contribution in [0.25, 0.3) is 0 Å². The van der Waals surface area contributed by atoms with Crippen molar-refractivity contribution in [3.63, 3.8) is 0 Å². The zero-order chi connectivity index (χ0) is 18.5. The minimum atomic E-state index is -0.420. The lowest BCUT2D eigenvalue weighted by Gasteiger charge is -2.09. The van der Waals surface area contributed by atoms with E-state index in [1.54, 1.807) is 23.1 Å². The Morgan fingerprint density at radius 3 is 2.77 bits per heavy atom. The summed E-state index contributed by atoms with van der Waals surface area (Å²) in [4.78, 5) is 24.7. The molecule has 134 valence electrons. The lowest BCUT2D eigenvalue weighted by molar-refractivity contribution is 0.101. The number of aryl methyl sites for hydroxylation is 1. The van der Waals surface area contributed by atoms with E-state index >= 15 is 0 Å². The van der Waals surface area contributed by atoms with Crippen LogP contribution in [-0.2, 0) is 6.54 Å². The number of amides is 1. The number of methoxy groups -OCH3 is 2. The van der Waals surface area contributed by atoms with Crippen LogP contribution in [0.2, 0.25) is 0 Å². The van der Waals surface area contributed by atoms with Crippen LogP contribution in [0.5, 0.6) is 11.9 Å². The molecule has 0 spiro atoms. The van der Waals surface area contributed by atoms with Gasteiger partial charge in [0.05, 0.1) is 26.5 Å². The third kappa shape index (κ3) is 3.94. The molecular formula is C17H18N6O3. The van der Waals surface area contributed by atoms with E-state index in [0.29, 0.717) is 12.4 Å². The Hall–Kier alpha value is -3.49. The predicted molar refractivity (Wildman–Crippen MR) is 93.4 cm³/mol. The normalized spacial score (nSPS) is 10.4. The largest absolute Gasteiger partial charge is 0.481 e. The molecule has 26 heavy (non-hydrogen) atoms. The fourth-order valence-corrected chi connectivity index (χ4v) is 2.33. The fourth-order valence-electron chi connectivity index (χ4n) is 2.33. The van der Waals surface area contributed by atoms with E-state index in [-0.39, 0.29) is 17.6 Å². The summed E-state index contributed by atoms with van der Waals surface area (Å²) in [5.41, 5.74) is 1.87. The molecule has 3 aromatic rings. The molecule has 0 bridgehead atoms. The maximum atomic E-state index is 12.6. The highest BCUT2D eigenvalue weighted by Gasteiger charge is 2.16. The van der Waals surface area contributed by atoms with Gasteiger partial charge in [-0.15, -0.1) is 0 Å². The summed E-state index contributed by atoms with van der Waals surface area (Å²) >= 11 is 0. The van der Waals surface area contributed by atoms with Gasteiger partial charge in [-0.05, 0) is 18.6 Å². The van der Waals surface area contributed by atoms with Gasteiger partial charge in [0, 0.05) is 24.5 Å². The van der Waals surface area contributed by atoms with Crippen molar-refractivity contribution in [2.45, 2.75) is 13.5 Å². The molecule has 0 radical (unpaired) electrons. The number of hydrogen-bond acceptors (Lipinski definition) is 7. The Kier molecular flexibility index (Phi) is 5.07. The lowest BCUT2D eigenvalue weighted by Crippen LogP contribution is -2.18. The van der Waals surface area contributed by atoms with Gasteiger partial charge in [0.15, 0.2) is 0 Å². The smallest absolute Gasteiger partial charge is 0.320 e. The summed E-state index contributed by atoms with van der Waals surface area (Å²) in [6.07, 6.45) is 3.46. The van der Waals surface area contributed by atoms with Gasteiger partial charge in [0.2, 0.25) is 5.88 Å². The molecule has 1 N–H and O–H groups in total. The first-order chi connectivity index (χ1) is 12.6. The molecule has 9 heteroatoms. The van der Waals surface area contributed by atoms with Gasteiger partial charge in [-0.1, -0.05) is 6.07 Å². The SMILES string of the molecule is COc1cc(C(=O)Nc2cc(C)nn2Cc2cccnc2)nc(OC)n1. The molecule has 0 saturated carbocycles. The zero-order valence-electron chi connectivity index (χ0n) is 14.6. The fraction of sp³-hybridized carbons (Fsp3) is 0.235. The zero-order valence-corrected chi connectivity index (χ0v) is 14.6. The highest BCUT2D eigenvalue weighted by molar-refractivity contribution is 6.02. The molecule has 0 fully saturated rings. The van der Waals surface area contributed by atoms with Crippen molar-refractivity contribution >= 4 is 11.7 Å². The molecule has 0 unspecified atom stereocenters. The van der Waals surface area contributed by atoms with Crippen LogP contribution in [0.1, 0.15) is 21.7 Å². The molecule has 1 amide bonds. The van der Waals surface area contributed by atoms with E-state index in [0.717, 1.165) is 11.3 Å². The Morgan fingerprint density at radius 2 is 2.08 bits per heavy atom. The molecule has 9 nitrogen and oxygen atoms in total. The van der Waals surface area contributed by atoms with Crippen LogP contribution in [0.15, 0.2) is 36.7 Å². The van der Waals surface area contributed by atoms with Gasteiger partial charge < -0.3 is 14.8 Å². The minimum Gasteiger partial charge on any atom is -0.481 e. The quantitative estimate of drug-likeness (QED) is 0.718. The van der Waals surface area contributed by atoms with Gasteiger partial charge >= 0.3 is 6.01 Å². The Morgan fingerprint density at radius 1 is 1.23 bits per heavy atom. The molecule has 0 atom stereocenters. The van der Waals surface area contributed by atoms with Crippen LogP contribution in [0.3, 0.4) is 0 Å². The van der Waals surface area contributed by atoms with Crippen molar-refractivity contribution in [3.8, 4) is 11.9 Å². The molecule has 0 saturated heterocycles. The van der Waals surface area contributed by atoms with Crippen LogP contribution in [0.4, 0.5) is 5.82 Å². The minimum absolute atomic E-state index is 0.0505. The van der Waals surface area contributed by atoms with E-state index in [4.69, 9.17) is 9.47 Å².